The summed E-state index contributed by atoms with van der Waals surface area (Å²) < 4.78 is 5.33. The first-order valence-corrected chi connectivity index (χ1v) is 9.42. The number of fused-ring (bicyclic) bond motifs is 1. The van der Waals surface area contributed by atoms with Crippen molar-refractivity contribution in [2.75, 3.05) is 5.32 Å². The van der Waals surface area contributed by atoms with Crippen LogP contribution in [0.15, 0.2) is 24.5 Å². The number of anilines is 1. The summed E-state index contributed by atoms with van der Waals surface area (Å²) >= 11 is 1.45. The highest BCUT2D eigenvalue weighted by atomic mass is 32.1. The maximum Gasteiger partial charge on any atom is 0.340 e. The first kappa shape index (κ1) is 18.1. The second-order valence-corrected chi connectivity index (χ2v) is 7.17. The molecule has 134 valence electrons. The van der Waals surface area contributed by atoms with E-state index in [-0.39, 0.29) is 0 Å². The van der Waals surface area contributed by atoms with Crippen LogP contribution in [0.5, 0.6) is 0 Å². The molecule has 7 heteroatoms. The van der Waals surface area contributed by atoms with Crippen molar-refractivity contribution >= 4 is 28.2 Å². The van der Waals surface area contributed by atoms with Gasteiger partial charge in [-0.1, -0.05) is 6.92 Å². The van der Waals surface area contributed by atoms with E-state index in [1.54, 1.807) is 25.3 Å². The molecular formula is C19H19N3O3S. The molecule has 1 amide bonds. The van der Waals surface area contributed by atoms with Crippen molar-refractivity contribution in [3.63, 3.8) is 0 Å². The second kappa shape index (κ2) is 8.11. The lowest BCUT2D eigenvalue weighted by Crippen LogP contribution is -2.32. The molecule has 2 aromatic rings. The summed E-state index contributed by atoms with van der Waals surface area (Å²) in [4.78, 5) is 29.8. The SMILES string of the molecule is CCC(OC(=O)c1cccnc1)C(=O)Nc1sc2c(c1C#N)CCCC2. The molecule has 2 heterocycles. The van der Waals surface area contributed by atoms with Crippen LogP contribution in [0.25, 0.3) is 0 Å². The van der Waals surface area contributed by atoms with Gasteiger partial charge in [-0.2, -0.15) is 5.26 Å². The summed E-state index contributed by atoms with van der Waals surface area (Å²) in [6.45, 7) is 1.77. The van der Waals surface area contributed by atoms with E-state index in [0.29, 0.717) is 22.5 Å². The van der Waals surface area contributed by atoms with Crippen molar-refractivity contribution < 1.29 is 14.3 Å². The first-order chi connectivity index (χ1) is 12.6. The van der Waals surface area contributed by atoms with E-state index in [0.717, 1.165) is 31.2 Å². The highest BCUT2D eigenvalue weighted by molar-refractivity contribution is 7.16. The van der Waals surface area contributed by atoms with E-state index < -0.39 is 18.0 Å². The number of pyridine rings is 1. The Kier molecular flexibility index (Phi) is 5.64. The maximum atomic E-state index is 12.6. The van der Waals surface area contributed by atoms with Gasteiger partial charge in [0.2, 0.25) is 0 Å². The molecule has 0 saturated carbocycles. The Morgan fingerprint density at radius 3 is 2.92 bits per heavy atom. The van der Waals surface area contributed by atoms with Crippen LogP contribution in [0.2, 0.25) is 0 Å². The third-order valence-corrected chi connectivity index (χ3v) is 5.54. The topological polar surface area (TPSA) is 92.1 Å². The van der Waals surface area contributed by atoms with Crippen LogP contribution in [-0.2, 0) is 22.4 Å². The molecule has 2 aromatic heterocycles. The zero-order valence-electron chi connectivity index (χ0n) is 14.4. The molecule has 0 saturated heterocycles. The number of ether oxygens (including phenoxy) is 1. The van der Waals surface area contributed by atoms with E-state index in [9.17, 15) is 14.9 Å². The number of carbonyl (C=O) groups is 2. The van der Waals surface area contributed by atoms with Gasteiger partial charge in [-0.3, -0.25) is 9.78 Å². The van der Waals surface area contributed by atoms with Crippen molar-refractivity contribution in [3.8, 4) is 6.07 Å². The average Bonchev–Trinajstić information content (AvgIpc) is 3.03. The zero-order valence-corrected chi connectivity index (χ0v) is 15.3. The third-order valence-electron chi connectivity index (χ3n) is 4.33. The summed E-state index contributed by atoms with van der Waals surface area (Å²) in [7, 11) is 0. The number of thiophene rings is 1. The number of esters is 1. The van der Waals surface area contributed by atoms with Crippen molar-refractivity contribution in [3.05, 3.63) is 46.1 Å². The summed E-state index contributed by atoms with van der Waals surface area (Å²) in [5.41, 5.74) is 1.90. The van der Waals surface area contributed by atoms with Crippen molar-refractivity contribution in [1.29, 1.82) is 5.26 Å². The van der Waals surface area contributed by atoms with Crippen molar-refractivity contribution in [1.82, 2.24) is 4.98 Å². The molecule has 1 aliphatic carbocycles. The number of rotatable bonds is 5. The molecule has 26 heavy (non-hydrogen) atoms. The lowest BCUT2D eigenvalue weighted by Gasteiger charge is -2.15. The van der Waals surface area contributed by atoms with Crippen molar-refractivity contribution in [2.45, 2.75) is 45.1 Å². The maximum absolute atomic E-state index is 12.6. The highest BCUT2D eigenvalue weighted by Crippen LogP contribution is 2.37. The normalized spacial score (nSPS) is 14.0. The summed E-state index contributed by atoms with van der Waals surface area (Å²) in [5.74, 6) is -1.01. The highest BCUT2D eigenvalue weighted by Gasteiger charge is 2.26. The fraction of sp³-hybridized carbons (Fsp3) is 0.368. The Bertz CT molecular complexity index is 855. The van der Waals surface area contributed by atoms with Crippen LogP contribution in [0.1, 0.15) is 52.5 Å². The second-order valence-electron chi connectivity index (χ2n) is 6.06. The smallest absolute Gasteiger partial charge is 0.340 e. The first-order valence-electron chi connectivity index (χ1n) is 8.60. The van der Waals surface area contributed by atoms with Crippen LogP contribution in [0.3, 0.4) is 0 Å². The number of nitrogens with zero attached hydrogens (tertiary/aromatic N) is 2. The molecule has 1 aliphatic rings. The minimum atomic E-state index is -0.923. The van der Waals surface area contributed by atoms with Gasteiger partial charge in [-0.25, -0.2) is 4.79 Å². The largest absolute Gasteiger partial charge is 0.449 e. The molecule has 0 aliphatic heterocycles. The van der Waals surface area contributed by atoms with E-state index in [1.165, 1.54) is 22.4 Å². The van der Waals surface area contributed by atoms with Crippen LogP contribution in [0, 0.1) is 11.3 Å². The minimum absolute atomic E-state index is 0.294. The number of carbonyl (C=O) groups excluding carboxylic acids is 2. The van der Waals surface area contributed by atoms with Crippen LogP contribution in [0.4, 0.5) is 5.00 Å². The Labute approximate surface area is 155 Å². The monoisotopic (exact) mass is 369 g/mol. The van der Waals surface area contributed by atoms with Crippen molar-refractivity contribution in [2.24, 2.45) is 0 Å². The predicted octanol–water partition coefficient (Wildman–Crippen LogP) is 3.47. The number of hydrogen-bond donors (Lipinski definition) is 1. The van der Waals surface area contributed by atoms with E-state index >= 15 is 0 Å². The summed E-state index contributed by atoms with van der Waals surface area (Å²) in [5, 5.41) is 12.8. The number of nitriles is 1. The van der Waals surface area contributed by atoms with Gasteiger partial charge in [0.15, 0.2) is 6.10 Å². The molecule has 0 aromatic carbocycles. The van der Waals surface area contributed by atoms with E-state index in [4.69, 9.17) is 4.74 Å². The lowest BCUT2D eigenvalue weighted by molar-refractivity contribution is -0.124. The molecule has 0 fully saturated rings. The Morgan fingerprint density at radius 2 is 2.23 bits per heavy atom. The van der Waals surface area contributed by atoms with Gasteiger partial charge in [-0.05, 0) is 49.8 Å². The standard InChI is InChI=1S/C19H19N3O3S/c1-2-15(25-19(24)12-6-5-9-21-11-12)17(23)22-18-14(10-20)13-7-3-4-8-16(13)26-18/h5-6,9,11,15H,2-4,7-8H2,1H3,(H,22,23). The van der Waals surface area contributed by atoms with E-state index in [1.807, 2.05) is 0 Å². The fourth-order valence-corrected chi connectivity index (χ4v) is 4.21. The Hall–Kier alpha value is -2.72. The van der Waals surface area contributed by atoms with Crippen LogP contribution in [-0.4, -0.2) is 23.0 Å². The molecule has 0 bridgehead atoms. The fourth-order valence-electron chi connectivity index (χ4n) is 2.97. The van der Waals surface area contributed by atoms with Gasteiger partial charge in [0.05, 0.1) is 11.1 Å². The zero-order chi connectivity index (χ0) is 18.5. The van der Waals surface area contributed by atoms with Gasteiger partial charge < -0.3 is 10.1 Å². The van der Waals surface area contributed by atoms with E-state index in [2.05, 4.69) is 16.4 Å². The molecule has 6 nitrogen and oxygen atoms in total. The predicted molar refractivity (Wildman–Crippen MR) is 98.0 cm³/mol. The third kappa shape index (κ3) is 3.75. The Balaban J connectivity index is 1.73. The number of nitrogens with one attached hydrogen (secondary N) is 1. The van der Waals surface area contributed by atoms with Gasteiger partial charge in [0.25, 0.3) is 5.91 Å². The van der Waals surface area contributed by atoms with Crippen LogP contribution >= 0.6 is 11.3 Å². The molecule has 0 radical (unpaired) electrons. The van der Waals surface area contributed by atoms with Gasteiger partial charge in [0, 0.05) is 17.3 Å². The van der Waals surface area contributed by atoms with Gasteiger partial charge >= 0.3 is 5.97 Å². The van der Waals surface area contributed by atoms with Crippen LogP contribution < -0.4 is 5.32 Å². The quantitative estimate of drug-likeness (QED) is 0.815. The molecule has 1 N–H and O–H groups in total. The molecule has 0 spiro atoms. The van der Waals surface area contributed by atoms with Gasteiger partial charge in [0.1, 0.15) is 11.1 Å². The number of hydrogen-bond acceptors (Lipinski definition) is 6. The summed E-state index contributed by atoms with van der Waals surface area (Å²) in [6, 6.07) is 5.43. The number of amides is 1. The molecule has 3 rings (SSSR count). The lowest BCUT2D eigenvalue weighted by atomic mass is 9.96. The molecular weight excluding hydrogens is 350 g/mol. The Morgan fingerprint density at radius 1 is 1.42 bits per heavy atom. The minimum Gasteiger partial charge on any atom is -0.449 e. The summed E-state index contributed by atoms with van der Waals surface area (Å²) in [6.07, 6.45) is 6.35. The number of aromatic nitrogens is 1. The molecule has 1 unspecified atom stereocenters. The molecule has 1 atom stereocenters. The van der Waals surface area contributed by atoms with Gasteiger partial charge in [-0.15, -0.1) is 11.3 Å². The number of aryl methyl sites for hydroxylation is 1. The average molecular weight is 369 g/mol.